The van der Waals surface area contributed by atoms with Crippen LogP contribution in [-0.2, 0) is 11.2 Å². The van der Waals surface area contributed by atoms with Crippen LogP contribution in [0.3, 0.4) is 0 Å². The van der Waals surface area contributed by atoms with Crippen LogP contribution in [0.5, 0.6) is 0 Å². The number of hydrogen-bond acceptors (Lipinski definition) is 6. The fourth-order valence-corrected chi connectivity index (χ4v) is 3.47. The van der Waals surface area contributed by atoms with Gasteiger partial charge in [0, 0.05) is 38.5 Å². The highest BCUT2D eigenvalue weighted by molar-refractivity contribution is 5.94. The minimum atomic E-state index is -0.0961. The molecule has 7 heteroatoms. The van der Waals surface area contributed by atoms with Crippen molar-refractivity contribution in [2.75, 3.05) is 31.6 Å². The van der Waals surface area contributed by atoms with Gasteiger partial charge in [0.1, 0.15) is 11.6 Å². The Morgan fingerprint density at radius 3 is 2.93 bits per heavy atom. The molecule has 0 aromatic carbocycles. The summed E-state index contributed by atoms with van der Waals surface area (Å²) in [7, 11) is 1.75. The minimum Gasteiger partial charge on any atom is -0.380 e. The second-order valence-corrected chi connectivity index (χ2v) is 7.01. The highest BCUT2D eigenvalue weighted by atomic mass is 16.5. The van der Waals surface area contributed by atoms with E-state index < -0.39 is 0 Å². The maximum absolute atomic E-state index is 12.3. The molecule has 146 valence electrons. The Kier molecular flexibility index (Phi) is 6.45. The first-order valence-electron chi connectivity index (χ1n) is 9.52. The Balaban J connectivity index is 1.47. The number of ether oxygens (including phenoxy) is 1. The van der Waals surface area contributed by atoms with E-state index >= 15 is 0 Å². The minimum absolute atomic E-state index is 0.0961. The number of hydrogen-bond donors (Lipinski definition) is 1. The molecule has 1 saturated heterocycles. The molecule has 0 radical (unpaired) electrons. The van der Waals surface area contributed by atoms with E-state index in [0.29, 0.717) is 12.1 Å². The summed E-state index contributed by atoms with van der Waals surface area (Å²) in [5, 5.41) is 6.90. The zero-order valence-corrected chi connectivity index (χ0v) is 16.3. The number of anilines is 1. The molecule has 3 rings (SSSR count). The molecule has 0 bridgehead atoms. The van der Waals surface area contributed by atoms with Gasteiger partial charge in [-0.2, -0.15) is 0 Å². The summed E-state index contributed by atoms with van der Waals surface area (Å²) in [5.41, 5.74) is 2.63. The number of amides is 1. The Morgan fingerprint density at radius 1 is 1.41 bits per heavy atom. The van der Waals surface area contributed by atoms with E-state index in [4.69, 9.17) is 9.26 Å². The molecule has 0 spiro atoms. The van der Waals surface area contributed by atoms with Gasteiger partial charge in [0.2, 0.25) is 0 Å². The van der Waals surface area contributed by atoms with Crippen LogP contribution in [0.15, 0.2) is 22.9 Å². The summed E-state index contributed by atoms with van der Waals surface area (Å²) in [6.07, 6.45) is 5.76. The van der Waals surface area contributed by atoms with Gasteiger partial charge in [-0.3, -0.25) is 4.79 Å². The van der Waals surface area contributed by atoms with Crippen LogP contribution >= 0.6 is 0 Å². The third-order valence-electron chi connectivity index (χ3n) is 5.12. The van der Waals surface area contributed by atoms with Crippen LogP contribution < -0.4 is 10.2 Å². The number of piperidine rings is 1. The van der Waals surface area contributed by atoms with Crippen molar-refractivity contribution in [2.24, 2.45) is 0 Å². The average Bonchev–Trinajstić information content (AvgIpc) is 3.03. The first-order valence-corrected chi connectivity index (χ1v) is 9.52. The maximum atomic E-state index is 12.3. The molecule has 1 atom stereocenters. The van der Waals surface area contributed by atoms with Crippen LogP contribution in [-0.4, -0.2) is 48.9 Å². The van der Waals surface area contributed by atoms with E-state index in [1.165, 1.54) is 0 Å². The first kappa shape index (κ1) is 19.4. The Hall–Kier alpha value is -2.41. The van der Waals surface area contributed by atoms with Crippen molar-refractivity contribution in [3.05, 3.63) is 40.9 Å². The standard InChI is InChI=1S/C20H28N4O3/c1-14-18(15(2)27-23-14)7-4-10-21-20(25)16-8-9-19(22-12-16)24-11-5-6-17(13-24)26-3/h8-9,12,17H,4-7,10-11,13H2,1-3H3,(H,21,25)/t17-/m1/s1. The number of carbonyl (C=O) groups is 1. The topological polar surface area (TPSA) is 80.5 Å². The SMILES string of the molecule is CO[C@@H]1CCCN(c2ccc(C(=O)NCCCc3c(C)noc3C)cn2)C1. The largest absolute Gasteiger partial charge is 0.380 e. The van der Waals surface area contributed by atoms with Gasteiger partial charge in [-0.1, -0.05) is 5.16 Å². The highest BCUT2D eigenvalue weighted by Gasteiger charge is 2.20. The van der Waals surface area contributed by atoms with E-state index in [1.807, 2.05) is 26.0 Å². The number of rotatable bonds is 7. The number of methoxy groups -OCH3 is 1. The smallest absolute Gasteiger partial charge is 0.252 e. The molecule has 0 aliphatic carbocycles. The number of nitrogens with one attached hydrogen (secondary N) is 1. The molecule has 3 heterocycles. The van der Waals surface area contributed by atoms with E-state index in [-0.39, 0.29) is 12.0 Å². The van der Waals surface area contributed by atoms with Crippen molar-refractivity contribution in [3.8, 4) is 0 Å². The van der Waals surface area contributed by atoms with E-state index in [0.717, 1.165) is 61.6 Å². The van der Waals surface area contributed by atoms with Gasteiger partial charge >= 0.3 is 0 Å². The molecular weight excluding hydrogens is 344 g/mol. The van der Waals surface area contributed by atoms with Gasteiger partial charge in [0.25, 0.3) is 5.91 Å². The van der Waals surface area contributed by atoms with Crippen molar-refractivity contribution < 1.29 is 14.1 Å². The fraction of sp³-hybridized carbons (Fsp3) is 0.550. The molecule has 0 saturated carbocycles. The van der Waals surface area contributed by atoms with Crippen LogP contribution in [0.2, 0.25) is 0 Å². The summed E-state index contributed by atoms with van der Waals surface area (Å²) >= 11 is 0. The molecule has 1 aliphatic rings. The molecule has 2 aromatic rings. The van der Waals surface area contributed by atoms with Crippen LogP contribution in [0.4, 0.5) is 5.82 Å². The van der Waals surface area contributed by atoms with Gasteiger partial charge < -0.3 is 19.5 Å². The van der Waals surface area contributed by atoms with Crippen LogP contribution in [0.1, 0.15) is 46.6 Å². The normalized spacial score (nSPS) is 17.1. The number of aryl methyl sites for hydroxylation is 2. The highest BCUT2D eigenvalue weighted by Crippen LogP contribution is 2.19. The molecule has 7 nitrogen and oxygen atoms in total. The fourth-order valence-electron chi connectivity index (χ4n) is 3.47. The predicted molar refractivity (Wildman–Crippen MR) is 103 cm³/mol. The quantitative estimate of drug-likeness (QED) is 0.753. The first-order chi connectivity index (χ1) is 13.1. The third kappa shape index (κ3) is 4.86. The molecule has 27 heavy (non-hydrogen) atoms. The van der Waals surface area contributed by atoms with Gasteiger partial charge in [-0.15, -0.1) is 0 Å². The molecule has 1 N–H and O–H groups in total. The Labute approximate surface area is 160 Å². The lowest BCUT2D eigenvalue weighted by molar-refractivity contribution is 0.0891. The number of nitrogens with zero attached hydrogens (tertiary/aromatic N) is 3. The lowest BCUT2D eigenvalue weighted by Gasteiger charge is -2.32. The second-order valence-electron chi connectivity index (χ2n) is 7.01. The Morgan fingerprint density at radius 2 is 2.26 bits per heavy atom. The number of carbonyl (C=O) groups excluding carboxylic acids is 1. The van der Waals surface area contributed by atoms with Crippen molar-refractivity contribution in [1.29, 1.82) is 0 Å². The van der Waals surface area contributed by atoms with E-state index in [9.17, 15) is 4.79 Å². The second kappa shape index (κ2) is 8.99. The van der Waals surface area contributed by atoms with Crippen LogP contribution in [0, 0.1) is 13.8 Å². The number of pyridine rings is 1. The summed E-state index contributed by atoms with van der Waals surface area (Å²) in [4.78, 5) is 19.0. The summed E-state index contributed by atoms with van der Waals surface area (Å²) in [6.45, 7) is 6.27. The predicted octanol–water partition coefficient (Wildman–Crippen LogP) is 2.66. The lowest BCUT2D eigenvalue weighted by atomic mass is 10.1. The molecule has 1 aliphatic heterocycles. The van der Waals surface area contributed by atoms with Gasteiger partial charge in [-0.05, 0) is 51.7 Å². The zero-order chi connectivity index (χ0) is 19.2. The lowest BCUT2D eigenvalue weighted by Crippen LogP contribution is -2.39. The Bertz CT molecular complexity index is 738. The average molecular weight is 372 g/mol. The van der Waals surface area contributed by atoms with Crippen molar-refractivity contribution in [1.82, 2.24) is 15.5 Å². The summed E-state index contributed by atoms with van der Waals surface area (Å²) < 4.78 is 10.6. The third-order valence-corrected chi connectivity index (χ3v) is 5.12. The van der Waals surface area contributed by atoms with Gasteiger partial charge in [0.15, 0.2) is 0 Å². The van der Waals surface area contributed by atoms with Crippen molar-refractivity contribution >= 4 is 11.7 Å². The summed E-state index contributed by atoms with van der Waals surface area (Å²) in [6, 6.07) is 3.75. The molecular formula is C20H28N4O3. The number of aromatic nitrogens is 2. The van der Waals surface area contributed by atoms with E-state index in [2.05, 4.69) is 20.4 Å². The van der Waals surface area contributed by atoms with Gasteiger partial charge in [0.05, 0.1) is 17.4 Å². The summed E-state index contributed by atoms with van der Waals surface area (Å²) in [5.74, 6) is 1.65. The zero-order valence-electron chi connectivity index (χ0n) is 16.3. The van der Waals surface area contributed by atoms with Crippen molar-refractivity contribution in [2.45, 2.75) is 45.6 Å². The molecule has 0 unspecified atom stereocenters. The maximum Gasteiger partial charge on any atom is 0.252 e. The van der Waals surface area contributed by atoms with Crippen molar-refractivity contribution in [3.63, 3.8) is 0 Å². The molecule has 1 amide bonds. The molecule has 2 aromatic heterocycles. The van der Waals surface area contributed by atoms with Gasteiger partial charge in [-0.25, -0.2) is 4.98 Å². The molecule has 1 fully saturated rings. The van der Waals surface area contributed by atoms with Crippen LogP contribution in [0.25, 0.3) is 0 Å². The monoisotopic (exact) mass is 372 g/mol. The van der Waals surface area contributed by atoms with E-state index in [1.54, 1.807) is 13.3 Å².